The molecule has 0 bridgehead atoms. The van der Waals surface area contributed by atoms with E-state index >= 15 is 0 Å². The minimum atomic E-state index is -1.21. The lowest BCUT2D eigenvalue weighted by Crippen LogP contribution is -2.63. The monoisotopic (exact) mass is 482 g/mol. The lowest BCUT2D eigenvalue weighted by molar-refractivity contribution is -0.174. The van der Waals surface area contributed by atoms with E-state index in [1.165, 1.54) is 23.6 Å². The van der Waals surface area contributed by atoms with Gasteiger partial charge in [-0.1, -0.05) is 6.92 Å². The van der Waals surface area contributed by atoms with Crippen molar-refractivity contribution in [2.75, 3.05) is 6.54 Å². The average molecular weight is 483 g/mol. The second kappa shape index (κ2) is 9.54. The van der Waals surface area contributed by atoms with Crippen LogP contribution in [0, 0.1) is 11.8 Å². The van der Waals surface area contributed by atoms with Crippen LogP contribution in [-0.2, 0) is 28.6 Å². The molecule has 2 N–H and O–H groups in total. The zero-order valence-corrected chi connectivity index (χ0v) is 19.8. The van der Waals surface area contributed by atoms with Crippen molar-refractivity contribution in [2.24, 2.45) is 11.8 Å². The van der Waals surface area contributed by atoms with Gasteiger partial charge < -0.3 is 29.5 Å². The van der Waals surface area contributed by atoms with Gasteiger partial charge in [-0.25, -0.2) is 9.59 Å². The predicted molar refractivity (Wildman–Crippen MR) is 116 cm³/mol. The van der Waals surface area contributed by atoms with Gasteiger partial charge >= 0.3 is 12.1 Å². The number of hydrogen-bond donors (Lipinski definition) is 2. The number of thioether (sulfide) groups is 1. The molecule has 3 heterocycles. The number of nitrogens with zero attached hydrogens (tertiary/aromatic N) is 1. The summed E-state index contributed by atoms with van der Waals surface area (Å²) in [6, 6.07) is -0.365. The summed E-state index contributed by atoms with van der Waals surface area (Å²) in [6.45, 7) is 5.33. The lowest BCUT2D eigenvalue weighted by atomic mass is 9.79. The summed E-state index contributed by atoms with van der Waals surface area (Å²) >= 11 is 1.38. The van der Waals surface area contributed by atoms with Gasteiger partial charge in [0.15, 0.2) is 0 Å². The summed E-state index contributed by atoms with van der Waals surface area (Å²) in [7, 11) is 0. The fourth-order valence-corrected chi connectivity index (χ4v) is 6.45. The van der Waals surface area contributed by atoms with E-state index in [0.717, 1.165) is 25.7 Å². The highest BCUT2D eigenvalue weighted by molar-refractivity contribution is 8.03. The Morgan fingerprint density at radius 1 is 1.18 bits per heavy atom. The van der Waals surface area contributed by atoms with Crippen LogP contribution in [0.4, 0.5) is 4.79 Å². The Labute approximate surface area is 196 Å². The molecular weight excluding hydrogens is 452 g/mol. The number of aliphatic hydroxyl groups excluding tert-OH is 1. The molecule has 6 atom stereocenters. The number of amides is 2. The fraction of sp³-hybridized carbons (Fsp3) is 0.727. The van der Waals surface area contributed by atoms with Gasteiger partial charge in [0.1, 0.15) is 11.8 Å². The van der Waals surface area contributed by atoms with Gasteiger partial charge in [0.25, 0.3) is 0 Å². The van der Waals surface area contributed by atoms with E-state index in [-0.39, 0.29) is 40.8 Å². The predicted octanol–water partition coefficient (Wildman–Crippen LogP) is 1.66. The van der Waals surface area contributed by atoms with E-state index < -0.39 is 30.4 Å². The van der Waals surface area contributed by atoms with Gasteiger partial charge in [-0.05, 0) is 32.6 Å². The van der Waals surface area contributed by atoms with Crippen molar-refractivity contribution in [3.8, 4) is 0 Å². The van der Waals surface area contributed by atoms with Gasteiger partial charge in [0.05, 0.1) is 18.1 Å². The first-order valence-electron chi connectivity index (χ1n) is 11.4. The van der Waals surface area contributed by atoms with Crippen molar-refractivity contribution in [2.45, 2.75) is 82.7 Å². The van der Waals surface area contributed by atoms with Crippen LogP contribution in [0.1, 0.15) is 52.9 Å². The summed E-state index contributed by atoms with van der Waals surface area (Å²) in [4.78, 5) is 51.6. The van der Waals surface area contributed by atoms with Crippen LogP contribution in [0.5, 0.6) is 0 Å². The van der Waals surface area contributed by atoms with Crippen LogP contribution < -0.4 is 5.32 Å². The van der Waals surface area contributed by atoms with Crippen LogP contribution in [0.25, 0.3) is 0 Å². The molecule has 1 saturated carbocycles. The molecule has 4 unspecified atom stereocenters. The quantitative estimate of drug-likeness (QED) is 0.316. The minimum Gasteiger partial charge on any atom is -0.431 e. The third-order valence-corrected chi connectivity index (χ3v) is 8.12. The van der Waals surface area contributed by atoms with Crippen LogP contribution in [-0.4, -0.2) is 70.3 Å². The molecule has 3 fully saturated rings. The van der Waals surface area contributed by atoms with Crippen LogP contribution in [0.3, 0.4) is 0 Å². The molecule has 4 rings (SSSR count). The second-order valence-electron chi connectivity index (χ2n) is 9.08. The van der Waals surface area contributed by atoms with E-state index in [1.54, 1.807) is 6.92 Å². The standard InChI is InChI=1S/C22H30N2O8S/c1-10-17-16(11(2)25)20(27)24(17)18(19(10)33-14-8-15(26)23-9-14)21(28)30-12(3)31-22(29)32-13-6-4-5-7-13/h10-14,16-17,25H,4-9H2,1-3H3,(H,23,26)/t10?,11-,12?,14?,16?,17+/m1/s1. The van der Waals surface area contributed by atoms with E-state index in [2.05, 4.69) is 5.32 Å². The van der Waals surface area contributed by atoms with Gasteiger partial charge in [-0.15, -0.1) is 11.8 Å². The number of β-lactam (4-membered cyclic amide) rings is 1. The molecule has 0 radical (unpaired) electrons. The molecule has 2 saturated heterocycles. The molecule has 10 nitrogen and oxygen atoms in total. The lowest BCUT2D eigenvalue weighted by Gasteiger charge is -2.46. The number of carbonyl (C=O) groups excluding carboxylic acids is 4. The summed E-state index contributed by atoms with van der Waals surface area (Å²) in [5.41, 5.74) is 0.0957. The molecule has 33 heavy (non-hydrogen) atoms. The topological polar surface area (TPSA) is 131 Å². The smallest absolute Gasteiger partial charge is 0.431 e. The van der Waals surface area contributed by atoms with Crippen LogP contribution in [0.2, 0.25) is 0 Å². The third-order valence-electron chi connectivity index (χ3n) is 6.64. The Morgan fingerprint density at radius 2 is 1.88 bits per heavy atom. The number of nitrogens with one attached hydrogen (secondary N) is 1. The van der Waals surface area contributed by atoms with E-state index in [0.29, 0.717) is 17.9 Å². The number of rotatable bonds is 7. The van der Waals surface area contributed by atoms with Crippen LogP contribution >= 0.6 is 11.8 Å². The molecule has 3 aliphatic heterocycles. The first-order chi connectivity index (χ1) is 15.7. The highest BCUT2D eigenvalue weighted by Crippen LogP contribution is 2.52. The first kappa shape index (κ1) is 23.9. The van der Waals surface area contributed by atoms with Gasteiger partial charge in [0, 0.05) is 36.0 Å². The molecule has 0 aromatic heterocycles. The maximum absolute atomic E-state index is 13.1. The van der Waals surface area contributed by atoms with Crippen molar-refractivity contribution in [1.29, 1.82) is 0 Å². The highest BCUT2D eigenvalue weighted by atomic mass is 32.2. The SMILES string of the molecule is CC(OC(=O)OC1CCCC1)OC(=O)C1=C(SC2CNC(=O)C2)C(C)[C@H]2C([C@@H](C)O)C(=O)N12. The van der Waals surface area contributed by atoms with E-state index in [9.17, 15) is 24.3 Å². The molecule has 0 aromatic rings. The summed E-state index contributed by atoms with van der Waals surface area (Å²) < 4.78 is 15.7. The Balaban J connectivity index is 1.47. The Hall–Kier alpha value is -2.27. The maximum atomic E-state index is 13.1. The fourth-order valence-electron chi connectivity index (χ4n) is 5.05. The van der Waals surface area contributed by atoms with Crippen molar-refractivity contribution in [1.82, 2.24) is 10.2 Å². The largest absolute Gasteiger partial charge is 0.511 e. The van der Waals surface area contributed by atoms with Crippen molar-refractivity contribution < 1.29 is 38.5 Å². The van der Waals surface area contributed by atoms with E-state index in [4.69, 9.17) is 14.2 Å². The summed E-state index contributed by atoms with van der Waals surface area (Å²) in [6.07, 6.45) is 0.740. The molecular formula is C22H30N2O8S. The Bertz CT molecular complexity index is 868. The average Bonchev–Trinajstić information content (AvgIpc) is 3.42. The number of aliphatic hydroxyl groups is 1. The molecule has 0 spiro atoms. The molecule has 2 amide bonds. The molecule has 11 heteroatoms. The first-order valence-corrected chi connectivity index (χ1v) is 12.3. The molecule has 4 aliphatic rings. The normalized spacial score (nSPS) is 31.1. The number of fused-ring (bicyclic) bond motifs is 1. The van der Waals surface area contributed by atoms with E-state index in [1.807, 2.05) is 6.92 Å². The molecule has 182 valence electrons. The number of esters is 1. The zero-order chi connectivity index (χ0) is 23.9. The van der Waals surface area contributed by atoms with Gasteiger partial charge in [-0.2, -0.15) is 0 Å². The van der Waals surface area contributed by atoms with Crippen LogP contribution in [0.15, 0.2) is 10.6 Å². The summed E-state index contributed by atoms with van der Waals surface area (Å²) in [5, 5.41) is 12.8. The van der Waals surface area contributed by atoms with Crippen molar-refractivity contribution in [3.05, 3.63) is 10.6 Å². The number of hydrogen-bond acceptors (Lipinski definition) is 9. The maximum Gasteiger partial charge on any atom is 0.511 e. The Kier molecular flexibility index (Phi) is 6.90. The second-order valence-corrected chi connectivity index (χ2v) is 10.4. The Morgan fingerprint density at radius 3 is 2.48 bits per heavy atom. The van der Waals surface area contributed by atoms with Gasteiger partial charge in [0.2, 0.25) is 18.1 Å². The van der Waals surface area contributed by atoms with Crippen molar-refractivity contribution >= 4 is 35.7 Å². The third kappa shape index (κ3) is 4.70. The molecule has 0 aromatic carbocycles. The number of carbonyl (C=O) groups is 4. The number of ether oxygens (including phenoxy) is 3. The van der Waals surface area contributed by atoms with Gasteiger partial charge in [-0.3, -0.25) is 9.59 Å². The summed E-state index contributed by atoms with van der Waals surface area (Å²) in [5.74, 6) is -2.03. The zero-order valence-electron chi connectivity index (χ0n) is 18.9. The molecule has 1 aliphatic carbocycles. The minimum absolute atomic E-state index is 0.0631. The van der Waals surface area contributed by atoms with Crippen molar-refractivity contribution in [3.63, 3.8) is 0 Å². The highest BCUT2D eigenvalue weighted by Gasteiger charge is 2.60.